The average Bonchev–Trinajstić information content (AvgIpc) is 2.09. The third kappa shape index (κ3) is 2.00. The van der Waals surface area contributed by atoms with E-state index in [0.29, 0.717) is 5.57 Å². The molecule has 0 fully saturated rings. The van der Waals surface area contributed by atoms with Crippen molar-refractivity contribution in [1.82, 2.24) is 0 Å². The van der Waals surface area contributed by atoms with Crippen LogP contribution in [0.2, 0.25) is 0 Å². The normalized spacial score (nSPS) is 32.4. The van der Waals surface area contributed by atoms with Gasteiger partial charge in [0.2, 0.25) is 0 Å². The minimum atomic E-state index is -1.38. The highest BCUT2D eigenvalue weighted by atomic mass is 16.6. The van der Waals surface area contributed by atoms with Gasteiger partial charge in [0.15, 0.2) is 11.9 Å². The predicted molar refractivity (Wildman–Crippen MR) is 46.3 cm³/mol. The zero-order valence-electron chi connectivity index (χ0n) is 7.93. The third-order valence-electron chi connectivity index (χ3n) is 2.04. The Labute approximate surface area is 81.0 Å². The summed E-state index contributed by atoms with van der Waals surface area (Å²) in [6, 6.07) is 0. The predicted octanol–water partition coefficient (Wildman–Crippen LogP) is -0.831. The first-order valence-electron chi connectivity index (χ1n) is 4.19. The summed E-state index contributed by atoms with van der Waals surface area (Å²) < 4.78 is 4.59. The van der Waals surface area contributed by atoms with Crippen LogP contribution in [-0.2, 0) is 14.3 Å². The first-order valence-corrected chi connectivity index (χ1v) is 4.19. The van der Waals surface area contributed by atoms with Gasteiger partial charge in [0.1, 0.15) is 12.2 Å². The maximum atomic E-state index is 11.3. The first kappa shape index (κ1) is 10.9. The van der Waals surface area contributed by atoms with Crippen LogP contribution in [0.3, 0.4) is 0 Å². The number of aliphatic hydroxyl groups is 2. The minimum Gasteiger partial charge on any atom is -0.451 e. The fourth-order valence-corrected chi connectivity index (χ4v) is 1.30. The summed E-state index contributed by atoms with van der Waals surface area (Å²) in [4.78, 5) is 21.9. The van der Waals surface area contributed by atoms with Crippen molar-refractivity contribution in [2.24, 2.45) is 0 Å². The van der Waals surface area contributed by atoms with E-state index < -0.39 is 30.1 Å². The molecular formula is C9H12O5. The lowest BCUT2D eigenvalue weighted by atomic mass is 9.91. The standard InChI is InChI=1S/C9H12O5/c1-4-3-6(11)9(14-5(2)10)8(13)7(4)12/h3,7-9,12-13H,1-2H3/t7-,8-,9-/m1/s1. The van der Waals surface area contributed by atoms with Crippen LogP contribution in [0.25, 0.3) is 0 Å². The van der Waals surface area contributed by atoms with Crippen LogP contribution in [0.5, 0.6) is 0 Å². The highest BCUT2D eigenvalue weighted by Gasteiger charge is 2.38. The van der Waals surface area contributed by atoms with Gasteiger partial charge in [-0.25, -0.2) is 0 Å². The zero-order valence-corrected chi connectivity index (χ0v) is 7.93. The van der Waals surface area contributed by atoms with Crippen LogP contribution in [-0.4, -0.2) is 40.3 Å². The summed E-state index contributed by atoms with van der Waals surface area (Å²) in [7, 11) is 0. The lowest BCUT2D eigenvalue weighted by molar-refractivity contribution is -0.163. The fraction of sp³-hybridized carbons (Fsp3) is 0.556. The number of carbonyl (C=O) groups excluding carboxylic acids is 2. The van der Waals surface area contributed by atoms with Crippen LogP contribution in [0.15, 0.2) is 11.6 Å². The van der Waals surface area contributed by atoms with Gasteiger partial charge in [-0.1, -0.05) is 0 Å². The maximum Gasteiger partial charge on any atom is 0.303 e. The number of aliphatic hydroxyl groups excluding tert-OH is 2. The number of ketones is 1. The largest absolute Gasteiger partial charge is 0.451 e. The number of hydrogen-bond donors (Lipinski definition) is 2. The molecule has 0 saturated heterocycles. The van der Waals surface area contributed by atoms with E-state index in [4.69, 9.17) is 0 Å². The number of carbonyl (C=O) groups is 2. The van der Waals surface area contributed by atoms with E-state index in [0.717, 1.165) is 6.92 Å². The second-order valence-electron chi connectivity index (χ2n) is 3.26. The van der Waals surface area contributed by atoms with Crippen molar-refractivity contribution >= 4 is 11.8 Å². The van der Waals surface area contributed by atoms with Gasteiger partial charge < -0.3 is 14.9 Å². The Balaban J connectivity index is 2.87. The quantitative estimate of drug-likeness (QED) is 0.540. The topological polar surface area (TPSA) is 83.8 Å². The summed E-state index contributed by atoms with van der Waals surface area (Å²) in [6.07, 6.45) is -2.65. The molecule has 14 heavy (non-hydrogen) atoms. The van der Waals surface area contributed by atoms with Crippen LogP contribution in [0, 0.1) is 0 Å². The Hall–Kier alpha value is -1.20. The number of ether oxygens (including phenoxy) is 1. The first-order chi connectivity index (χ1) is 6.43. The van der Waals surface area contributed by atoms with Gasteiger partial charge >= 0.3 is 5.97 Å². The number of hydrogen-bond acceptors (Lipinski definition) is 5. The molecule has 0 aromatic heterocycles. The van der Waals surface area contributed by atoms with Gasteiger partial charge in [-0.2, -0.15) is 0 Å². The summed E-state index contributed by atoms with van der Waals surface area (Å²) in [5, 5.41) is 18.8. The molecule has 1 aliphatic carbocycles. The Morgan fingerprint density at radius 3 is 2.57 bits per heavy atom. The molecule has 0 aromatic rings. The van der Waals surface area contributed by atoms with Gasteiger partial charge in [-0.3, -0.25) is 9.59 Å². The van der Waals surface area contributed by atoms with Gasteiger partial charge in [0.05, 0.1) is 0 Å². The van der Waals surface area contributed by atoms with Crippen molar-refractivity contribution in [2.45, 2.75) is 32.2 Å². The molecule has 78 valence electrons. The highest BCUT2D eigenvalue weighted by Crippen LogP contribution is 2.19. The Bertz CT molecular complexity index is 294. The van der Waals surface area contributed by atoms with Crippen molar-refractivity contribution in [3.8, 4) is 0 Å². The van der Waals surface area contributed by atoms with Crippen LogP contribution in [0.1, 0.15) is 13.8 Å². The molecule has 0 unspecified atom stereocenters. The molecule has 5 nitrogen and oxygen atoms in total. The molecule has 3 atom stereocenters. The molecule has 0 bridgehead atoms. The Morgan fingerprint density at radius 2 is 2.07 bits per heavy atom. The van der Waals surface area contributed by atoms with Gasteiger partial charge in [0.25, 0.3) is 0 Å². The summed E-state index contributed by atoms with van der Waals surface area (Å²) in [6.45, 7) is 2.66. The zero-order chi connectivity index (χ0) is 10.9. The van der Waals surface area contributed by atoms with E-state index in [1.54, 1.807) is 0 Å². The smallest absolute Gasteiger partial charge is 0.303 e. The van der Waals surface area contributed by atoms with Crippen LogP contribution in [0.4, 0.5) is 0 Å². The molecule has 1 aliphatic rings. The SMILES string of the molecule is CC(=O)O[C@@H]1C(=O)C=C(C)[C@@H](O)[C@H]1O. The van der Waals surface area contributed by atoms with Crippen molar-refractivity contribution < 1.29 is 24.5 Å². The van der Waals surface area contributed by atoms with Gasteiger partial charge in [-0.15, -0.1) is 0 Å². The van der Waals surface area contributed by atoms with E-state index in [2.05, 4.69) is 4.74 Å². The van der Waals surface area contributed by atoms with Crippen LogP contribution >= 0.6 is 0 Å². The molecule has 0 saturated carbocycles. The Morgan fingerprint density at radius 1 is 1.50 bits per heavy atom. The second kappa shape index (κ2) is 3.89. The van der Waals surface area contributed by atoms with Crippen molar-refractivity contribution in [3.63, 3.8) is 0 Å². The highest BCUT2D eigenvalue weighted by molar-refractivity contribution is 5.97. The Kier molecular flexibility index (Phi) is 3.03. The molecule has 0 radical (unpaired) electrons. The molecule has 0 spiro atoms. The van der Waals surface area contributed by atoms with Gasteiger partial charge in [-0.05, 0) is 18.6 Å². The lowest BCUT2D eigenvalue weighted by Crippen LogP contribution is -2.48. The molecule has 0 aliphatic heterocycles. The van der Waals surface area contributed by atoms with Crippen molar-refractivity contribution in [2.75, 3.05) is 0 Å². The molecule has 1 rings (SSSR count). The lowest BCUT2D eigenvalue weighted by Gasteiger charge is -2.28. The molecule has 0 aromatic carbocycles. The second-order valence-corrected chi connectivity index (χ2v) is 3.26. The summed E-state index contributed by atoms with van der Waals surface area (Å²) in [5.74, 6) is -1.17. The molecule has 0 amide bonds. The van der Waals surface area contributed by atoms with E-state index in [9.17, 15) is 19.8 Å². The van der Waals surface area contributed by atoms with E-state index in [1.165, 1.54) is 13.0 Å². The van der Waals surface area contributed by atoms with E-state index in [1.807, 2.05) is 0 Å². The third-order valence-corrected chi connectivity index (χ3v) is 2.04. The molecule has 2 N–H and O–H groups in total. The summed E-state index contributed by atoms with van der Waals surface area (Å²) >= 11 is 0. The van der Waals surface area contributed by atoms with Crippen molar-refractivity contribution in [1.29, 1.82) is 0 Å². The fourth-order valence-electron chi connectivity index (χ4n) is 1.30. The summed E-state index contributed by atoms with van der Waals surface area (Å²) in [5.41, 5.74) is 0.367. The minimum absolute atomic E-state index is 0.367. The average molecular weight is 200 g/mol. The van der Waals surface area contributed by atoms with Crippen molar-refractivity contribution in [3.05, 3.63) is 11.6 Å². The monoisotopic (exact) mass is 200 g/mol. The number of rotatable bonds is 1. The molecule has 0 heterocycles. The van der Waals surface area contributed by atoms with Crippen LogP contribution < -0.4 is 0 Å². The maximum absolute atomic E-state index is 11.3. The van der Waals surface area contributed by atoms with E-state index in [-0.39, 0.29) is 0 Å². The number of esters is 1. The molecular weight excluding hydrogens is 188 g/mol. The van der Waals surface area contributed by atoms with E-state index >= 15 is 0 Å². The van der Waals surface area contributed by atoms with Gasteiger partial charge in [0, 0.05) is 6.92 Å². The molecule has 5 heteroatoms.